The number of rotatable bonds is 2. The van der Waals surface area contributed by atoms with Gasteiger partial charge in [0.15, 0.2) is 19.7 Å². The second kappa shape index (κ2) is 4.07. The summed E-state index contributed by atoms with van der Waals surface area (Å²) in [6.45, 7) is 0. The van der Waals surface area contributed by atoms with Crippen LogP contribution in [0.15, 0.2) is 46.2 Å². The predicted molar refractivity (Wildman–Crippen MR) is 70.2 cm³/mol. The molecular formula is C12H12O4S2. The minimum absolute atomic E-state index is 0.144. The minimum Gasteiger partial charge on any atom is -0.224 e. The zero-order valence-corrected chi connectivity index (χ0v) is 11.5. The Bertz CT molecular complexity index is 747. The second-order valence-electron chi connectivity index (χ2n) is 4.15. The summed E-state index contributed by atoms with van der Waals surface area (Å²) in [5, 5.41) is 0.867. The Morgan fingerprint density at radius 1 is 0.667 bits per heavy atom. The average Bonchev–Trinajstić information content (AvgIpc) is 2.24. The van der Waals surface area contributed by atoms with Crippen molar-refractivity contribution in [3.05, 3.63) is 36.4 Å². The highest BCUT2D eigenvalue weighted by atomic mass is 32.2. The van der Waals surface area contributed by atoms with Crippen molar-refractivity contribution in [1.82, 2.24) is 0 Å². The van der Waals surface area contributed by atoms with Crippen molar-refractivity contribution in [3.8, 4) is 0 Å². The summed E-state index contributed by atoms with van der Waals surface area (Å²) in [6.07, 6.45) is 2.21. The van der Waals surface area contributed by atoms with Crippen LogP contribution in [-0.4, -0.2) is 29.3 Å². The van der Waals surface area contributed by atoms with Crippen LogP contribution < -0.4 is 0 Å². The predicted octanol–water partition coefficient (Wildman–Crippen LogP) is 1.65. The topological polar surface area (TPSA) is 68.3 Å². The van der Waals surface area contributed by atoms with E-state index in [0.717, 1.165) is 12.5 Å². The molecule has 0 spiro atoms. The molecule has 0 aromatic heterocycles. The van der Waals surface area contributed by atoms with Crippen LogP contribution in [0, 0.1) is 0 Å². The smallest absolute Gasteiger partial charge is 0.176 e. The number of fused-ring (bicyclic) bond motifs is 1. The fourth-order valence-corrected chi connectivity index (χ4v) is 3.71. The molecule has 0 aliphatic heterocycles. The third-order valence-electron chi connectivity index (χ3n) is 2.64. The second-order valence-corrected chi connectivity index (χ2v) is 8.12. The Labute approximate surface area is 106 Å². The first-order valence-corrected chi connectivity index (χ1v) is 8.91. The molecule has 2 aromatic carbocycles. The van der Waals surface area contributed by atoms with Gasteiger partial charge in [0, 0.05) is 23.3 Å². The minimum atomic E-state index is -3.39. The molecule has 0 saturated heterocycles. The van der Waals surface area contributed by atoms with Gasteiger partial charge >= 0.3 is 0 Å². The van der Waals surface area contributed by atoms with Crippen LogP contribution in [0.25, 0.3) is 10.8 Å². The molecule has 0 heterocycles. The van der Waals surface area contributed by atoms with E-state index in [4.69, 9.17) is 0 Å². The van der Waals surface area contributed by atoms with Gasteiger partial charge in [-0.15, -0.1) is 0 Å². The zero-order chi connectivity index (χ0) is 13.6. The number of hydrogen-bond acceptors (Lipinski definition) is 4. The van der Waals surface area contributed by atoms with Gasteiger partial charge in [-0.1, -0.05) is 24.3 Å². The van der Waals surface area contributed by atoms with Gasteiger partial charge in [-0.2, -0.15) is 0 Å². The molecule has 4 nitrogen and oxygen atoms in total. The maximum absolute atomic E-state index is 11.7. The SMILES string of the molecule is CS(=O)(=O)c1cccc2c(S(C)(=O)=O)cccc12. The van der Waals surface area contributed by atoms with Crippen LogP contribution >= 0.6 is 0 Å². The lowest BCUT2D eigenvalue weighted by molar-refractivity contribution is 0.600. The van der Waals surface area contributed by atoms with Crippen molar-refractivity contribution in [1.29, 1.82) is 0 Å². The quantitative estimate of drug-likeness (QED) is 0.841. The summed E-state index contributed by atoms with van der Waals surface area (Å²) in [7, 11) is -6.77. The third-order valence-corrected chi connectivity index (χ3v) is 4.95. The average molecular weight is 284 g/mol. The van der Waals surface area contributed by atoms with Crippen molar-refractivity contribution in [2.75, 3.05) is 12.5 Å². The van der Waals surface area contributed by atoms with E-state index in [0.29, 0.717) is 10.8 Å². The van der Waals surface area contributed by atoms with Crippen LogP contribution in [0.1, 0.15) is 0 Å². The van der Waals surface area contributed by atoms with Gasteiger partial charge in [0.05, 0.1) is 9.79 Å². The molecule has 0 atom stereocenters. The summed E-state index contributed by atoms with van der Waals surface area (Å²) in [4.78, 5) is 0.288. The lowest BCUT2D eigenvalue weighted by atomic mass is 10.1. The molecule has 0 bridgehead atoms. The molecule has 18 heavy (non-hydrogen) atoms. The molecule has 0 unspecified atom stereocenters. The summed E-state index contributed by atoms with van der Waals surface area (Å²) in [6, 6.07) is 9.27. The molecule has 2 aromatic rings. The van der Waals surface area contributed by atoms with Crippen LogP contribution in [-0.2, 0) is 19.7 Å². The van der Waals surface area contributed by atoms with Crippen LogP contribution in [0.4, 0.5) is 0 Å². The Hall–Kier alpha value is -1.40. The van der Waals surface area contributed by atoms with Crippen LogP contribution in [0.3, 0.4) is 0 Å². The van der Waals surface area contributed by atoms with Crippen LogP contribution in [0.2, 0.25) is 0 Å². The maximum atomic E-state index is 11.7. The first kappa shape index (κ1) is 13.0. The molecule has 0 N–H and O–H groups in total. The van der Waals surface area contributed by atoms with E-state index in [1.807, 2.05) is 0 Å². The Morgan fingerprint density at radius 3 is 1.28 bits per heavy atom. The van der Waals surface area contributed by atoms with E-state index in [1.165, 1.54) is 12.1 Å². The lowest BCUT2D eigenvalue weighted by Gasteiger charge is -2.08. The molecule has 0 fully saturated rings. The van der Waals surface area contributed by atoms with Crippen LogP contribution in [0.5, 0.6) is 0 Å². The molecule has 0 amide bonds. The van der Waals surface area contributed by atoms with Gasteiger partial charge < -0.3 is 0 Å². The molecular weight excluding hydrogens is 272 g/mol. The van der Waals surface area contributed by atoms with Crippen molar-refractivity contribution in [2.45, 2.75) is 9.79 Å². The van der Waals surface area contributed by atoms with Gasteiger partial charge in [0.25, 0.3) is 0 Å². The maximum Gasteiger partial charge on any atom is 0.176 e. The third kappa shape index (κ3) is 2.26. The largest absolute Gasteiger partial charge is 0.224 e. The number of hydrogen-bond donors (Lipinski definition) is 0. The first-order valence-electron chi connectivity index (χ1n) is 5.13. The van der Waals surface area contributed by atoms with E-state index >= 15 is 0 Å². The fraction of sp³-hybridized carbons (Fsp3) is 0.167. The van der Waals surface area contributed by atoms with Crippen molar-refractivity contribution < 1.29 is 16.8 Å². The lowest BCUT2D eigenvalue weighted by Crippen LogP contribution is -2.01. The Balaban J connectivity index is 3.00. The highest BCUT2D eigenvalue weighted by Crippen LogP contribution is 2.28. The van der Waals surface area contributed by atoms with E-state index < -0.39 is 19.7 Å². The summed E-state index contributed by atoms with van der Waals surface area (Å²) in [5.74, 6) is 0. The van der Waals surface area contributed by atoms with E-state index in [1.54, 1.807) is 24.3 Å². The molecule has 96 valence electrons. The molecule has 6 heteroatoms. The van der Waals surface area contributed by atoms with Gasteiger partial charge in [-0.3, -0.25) is 0 Å². The van der Waals surface area contributed by atoms with Gasteiger partial charge in [-0.25, -0.2) is 16.8 Å². The Kier molecular flexibility index (Phi) is 2.95. The summed E-state index contributed by atoms with van der Waals surface area (Å²) < 4.78 is 46.6. The summed E-state index contributed by atoms with van der Waals surface area (Å²) >= 11 is 0. The standard InChI is InChI=1S/C12H12O4S2/c1-17(13,14)11-7-3-6-10-9(11)5-4-8-12(10)18(2,15)16/h3-8H,1-2H3. The molecule has 0 radical (unpaired) electrons. The number of benzene rings is 2. The van der Waals surface area contributed by atoms with E-state index in [-0.39, 0.29) is 9.79 Å². The van der Waals surface area contributed by atoms with Gasteiger partial charge in [0.1, 0.15) is 0 Å². The molecule has 0 aliphatic rings. The van der Waals surface area contributed by atoms with Crippen molar-refractivity contribution in [2.24, 2.45) is 0 Å². The van der Waals surface area contributed by atoms with E-state index in [9.17, 15) is 16.8 Å². The zero-order valence-electron chi connectivity index (χ0n) is 9.91. The Morgan fingerprint density at radius 2 is 1.00 bits per heavy atom. The monoisotopic (exact) mass is 284 g/mol. The molecule has 0 saturated carbocycles. The summed E-state index contributed by atoms with van der Waals surface area (Å²) in [5.41, 5.74) is 0. The van der Waals surface area contributed by atoms with Crippen molar-refractivity contribution in [3.63, 3.8) is 0 Å². The van der Waals surface area contributed by atoms with Gasteiger partial charge in [-0.05, 0) is 12.1 Å². The molecule has 2 rings (SSSR count). The highest BCUT2D eigenvalue weighted by Gasteiger charge is 2.16. The normalized spacial score (nSPS) is 12.8. The highest BCUT2D eigenvalue weighted by molar-refractivity contribution is 7.91. The van der Waals surface area contributed by atoms with Crippen molar-refractivity contribution >= 4 is 30.4 Å². The van der Waals surface area contributed by atoms with E-state index in [2.05, 4.69) is 0 Å². The van der Waals surface area contributed by atoms with Gasteiger partial charge in [0.2, 0.25) is 0 Å². The first-order chi connectivity index (χ1) is 8.21. The number of sulfone groups is 2. The fourth-order valence-electron chi connectivity index (χ4n) is 1.90. The molecule has 0 aliphatic carbocycles.